The van der Waals surface area contributed by atoms with Crippen molar-refractivity contribution in [2.75, 3.05) is 0 Å². The van der Waals surface area contributed by atoms with E-state index < -0.39 is 0 Å². The van der Waals surface area contributed by atoms with Gasteiger partial charge in [-0.15, -0.1) is 0 Å². The summed E-state index contributed by atoms with van der Waals surface area (Å²) in [7, 11) is 0. The zero-order valence-corrected chi connectivity index (χ0v) is 8.38. The third-order valence-electron chi connectivity index (χ3n) is 2.75. The molecule has 1 aliphatic rings. The van der Waals surface area contributed by atoms with Crippen LogP contribution in [-0.2, 0) is 13.0 Å². The summed E-state index contributed by atoms with van der Waals surface area (Å²) in [6, 6.07) is 0.0607. The molecule has 0 amide bonds. The molecule has 3 nitrogen and oxygen atoms in total. The highest BCUT2D eigenvalue weighted by Gasteiger charge is 2.18. The van der Waals surface area contributed by atoms with Crippen molar-refractivity contribution in [1.29, 1.82) is 0 Å². The number of aryl methyl sites for hydroxylation is 1. The Morgan fingerprint density at radius 1 is 1.46 bits per heavy atom. The van der Waals surface area contributed by atoms with Gasteiger partial charge in [-0.2, -0.15) is 0 Å². The molecule has 0 fully saturated rings. The number of hydrogen-bond donors (Lipinski definition) is 1. The van der Waals surface area contributed by atoms with Crippen molar-refractivity contribution in [3.05, 3.63) is 17.2 Å². The minimum atomic E-state index is 0.0607. The molecule has 72 valence electrons. The first-order valence-corrected chi connectivity index (χ1v) is 5.01. The van der Waals surface area contributed by atoms with Gasteiger partial charge in [-0.3, -0.25) is 0 Å². The minimum absolute atomic E-state index is 0.0607. The van der Waals surface area contributed by atoms with E-state index in [1.807, 2.05) is 6.92 Å². The summed E-state index contributed by atoms with van der Waals surface area (Å²) >= 11 is 0. The Labute approximate surface area is 79.0 Å². The van der Waals surface area contributed by atoms with Crippen molar-refractivity contribution in [3.63, 3.8) is 0 Å². The van der Waals surface area contributed by atoms with Gasteiger partial charge in [0.15, 0.2) is 0 Å². The Morgan fingerprint density at radius 3 is 2.92 bits per heavy atom. The number of aromatic nitrogens is 2. The molecule has 1 atom stereocenters. The van der Waals surface area contributed by atoms with Crippen molar-refractivity contribution in [3.8, 4) is 0 Å². The summed E-state index contributed by atoms with van der Waals surface area (Å²) < 4.78 is 2.31. The maximum absolute atomic E-state index is 5.87. The van der Waals surface area contributed by atoms with Crippen LogP contribution >= 0.6 is 0 Å². The lowest BCUT2D eigenvalue weighted by molar-refractivity contribution is 0.500. The van der Waals surface area contributed by atoms with Crippen LogP contribution < -0.4 is 5.73 Å². The molecule has 0 spiro atoms. The average molecular weight is 179 g/mol. The number of rotatable bonds is 1. The zero-order valence-electron chi connectivity index (χ0n) is 8.38. The fraction of sp³-hybridized carbons (Fsp3) is 0.700. The standard InChI is InChI=1S/C10H17N3/c1-7(11)10-12-8(2)9-5-3-4-6-13(9)10/h7H,3-6,11H2,1-2H3. The van der Waals surface area contributed by atoms with Crippen LogP contribution in [0.25, 0.3) is 0 Å². The van der Waals surface area contributed by atoms with Crippen LogP contribution in [0.4, 0.5) is 0 Å². The molecular formula is C10H17N3. The van der Waals surface area contributed by atoms with Gasteiger partial charge in [0.2, 0.25) is 0 Å². The lowest BCUT2D eigenvalue weighted by Crippen LogP contribution is -2.17. The van der Waals surface area contributed by atoms with Crippen LogP contribution in [0.15, 0.2) is 0 Å². The Bertz CT molecular complexity index is 312. The van der Waals surface area contributed by atoms with Crippen molar-refractivity contribution < 1.29 is 0 Å². The van der Waals surface area contributed by atoms with Crippen LogP contribution in [-0.4, -0.2) is 9.55 Å². The Hall–Kier alpha value is -0.830. The first-order valence-electron chi connectivity index (χ1n) is 5.01. The van der Waals surface area contributed by atoms with E-state index in [4.69, 9.17) is 5.73 Å². The molecular weight excluding hydrogens is 162 g/mol. The SMILES string of the molecule is Cc1nc(C(C)N)n2c1CCCC2. The summed E-state index contributed by atoms with van der Waals surface area (Å²) in [5.74, 6) is 1.06. The molecule has 2 rings (SSSR count). The molecule has 1 aromatic heterocycles. The molecule has 13 heavy (non-hydrogen) atoms. The topological polar surface area (TPSA) is 43.8 Å². The van der Waals surface area contributed by atoms with E-state index in [0.717, 1.165) is 12.4 Å². The largest absolute Gasteiger partial charge is 0.330 e. The van der Waals surface area contributed by atoms with E-state index in [1.165, 1.54) is 30.7 Å². The Balaban J connectivity index is 2.47. The van der Waals surface area contributed by atoms with Gasteiger partial charge in [0, 0.05) is 12.2 Å². The van der Waals surface area contributed by atoms with Crippen LogP contribution in [0.1, 0.15) is 43.0 Å². The number of imidazole rings is 1. The van der Waals surface area contributed by atoms with Crippen molar-refractivity contribution in [2.45, 2.75) is 45.7 Å². The lowest BCUT2D eigenvalue weighted by atomic mass is 10.1. The van der Waals surface area contributed by atoms with Crippen LogP contribution in [0.3, 0.4) is 0 Å². The second-order valence-electron chi connectivity index (χ2n) is 3.90. The molecule has 0 radical (unpaired) electrons. The molecule has 0 aromatic carbocycles. The second-order valence-corrected chi connectivity index (χ2v) is 3.90. The highest BCUT2D eigenvalue weighted by Crippen LogP contribution is 2.22. The van der Waals surface area contributed by atoms with Crippen molar-refractivity contribution >= 4 is 0 Å². The molecule has 0 aliphatic carbocycles. The molecule has 3 heteroatoms. The Kier molecular flexibility index (Phi) is 2.12. The van der Waals surface area contributed by atoms with Crippen LogP contribution in [0, 0.1) is 6.92 Å². The fourth-order valence-corrected chi connectivity index (χ4v) is 2.11. The average Bonchev–Trinajstić information content (AvgIpc) is 2.45. The molecule has 1 aliphatic heterocycles. The van der Waals surface area contributed by atoms with Gasteiger partial charge in [0.25, 0.3) is 0 Å². The lowest BCUT2D eigenvalue weighted by Gasteiger charge is -2.18. The maximum atomic E-state index is 5.87. The van der Waals surface area contributed by atoms with Crippen LogP contribution in [0.5, 0.6) is 0 Å². The zero-order chi connectivity index (χ0) is 9.42. The van der Waals surface area contributed by atoms with Crippen molar-refractivity contribution in [1.82, 2.24) is 9.55 Å². The number of hydrogen-bond acceptors (Lipinski definition) is 2. The summed E-state index contributed by atoms with van der Waals surface area (Å²) in [4.78, 5) is 4.53. The van der Waals surface area contributed by atoms with Crippen LogP contribution in [0.2, 0.25) is 0 Å². The first-order chi connectivity index (χ1) is 6.20. The maximum Gasteiger partial charge on any atom is 0.125 e. The Morgan fingerprint density at radius 2 is 2.23 bits per heavy atom. The predicted molar refractivity (Wildman–Crippen MR) is 52.5 cm³/mol. The smallest absolute Gasteiger partial charge is 0.125 e. The number of fused-ring (bicyclic) bond motifs is 1. The molecule has 2 heterocycles. The third-order valence-corrected chi connectivity index (χ3v) is 2.75. The van der Waals surface area contributed by atoms with Gasteiger partial charge < -0.3 is 10.3 Å². The third kappa shape index (κ3) is 1.37. The summed E-state index contributed by atoms with van der Waals surface area (Å²) in [5.41, 5.74) is 8.44. The van der Waals surface area contributed by atoms with Crippen molar-refractivity contribution in [2.24, 2.45) is 5.73 Å². The summed E-state index contributed by atoms with van der Waals surface area (Å²) in [6.45, 7) is 5.19. The van der Waals surface area contributed by atoms with E-state index in [9.17, 15) is 0 Å². The van der Waals surface area contributed by atoms with Gasteiger partial charge in [0.1, 0.15) is 5.82 Å². The molecule has 1 aromatic rings. The van der Waals surface area contributed by atoms with E-state index >= 15 is 0 Å². The highest BCUT2D eigenvalue weighted by atomic mass is 15.1. The van der Waals surface area contributed by atoms with Gasteiger partial charge in [0.05, 0.1) is 11.7 Å². The van der Waals surface area contributed by atoms with E-state index in [1.54, 1.807) is 0 Å². The van der Waals surface area contributed by atoms with Gasteiger partial charge in [-0.25, -0.2) is 4.98 Å². The van der Waals surface area contributed by atoms with E-state index in [2.05, 4.69) is 16.5 Å². The number of nitrogens with two attached hydrogens (primary N) is 1. The molecule has 0 saturated carbocycles. The summed E-state index contributed by atoms with van der Waals surface area (Å²) in [6.07, 6.45) is 3.74. The minimum Gasteiger partial charge on any atom is -0.330 e. The predicted octanol–water partition coefficient (Wildman–Crippen LogP) is 1.55. The second kappa shape index (κ2) is 3.14. The molecule has 1 unspecified atom stereocenters. The number of nitrogens with zero attached hydrogens (tertiary/aromatic N) is 2. The summed E-state index contributed by atoms with van der Waals surface area (Å²) in [5, 5.41) is 0. The quantitative estimate of drug-likeness (QED) is 0.710. The molecule has 0 saturated heterocycles. The van der Waals surface area contributed by atoms with Gasteiger partial charge in [-0.05, 0) is 33.1 Å². The van der Waals surface area contributed by atoms with E-state index in [0.29, 0.717) is 0 Å². The monoisotopic (exact) mass is 179 g/mol. The highest BCUT2D eigenvalue weighted by molar-refractivity contribution is 5.19. The fourth-order valence-electron chi connectivity index (χ4n) is 2.11. The van der Waals surface area contributed by atoms with Gasteiger partial charge in [-0.1, -0.05) is 0 Å². The first kappa shape index (κ1) is 8.75. The normalized spacial score (nSPS) is 18.4. The molecule has 2 N–H and O–H groups in total. The van der Waals surface area contributed by atoms with E-state index in [-0.39, 0.29) is 6.04 Å². The molecule has 0 bridgehead atoms. The van der Waals surface area contributed by atoms with Gasteiger partial charge >= 0.3 is 0 Å².